The Bertz CT molecular complexity index is 564. The summed E-state index contributed by atoms with van der Waals surface area (Å²) < 4.78 is 0. The van der Waals surface area contributed by atoms with Crippen molar-refractivity contribution in [3.63, 3.8) is 0 Å². The summed E-state index contributed by atoms with van der Waals surface area (Å²) in [6.45, 7) is 1.13. The number of benzene rings is 1. The summed E-state index contributed by atoms with van der Waals surface area (Å²) in [4.78, 5) is 3.66. The Morgan fingerprint density at radius 2 is 2.25 bits per heavy atom. The van der Waals surface area contributed by atoms with Crippen LogP contribution in [0.3, 0.4) is 0 Å². The van der Waals surface area contributed by atoms with Crippen molar-refractivity contribution in [1.29, 1.82) is 0 Å². The van der Waals surface area contributed by atoms with Gasteiger partial charge in [-0.15, -0.1) is 11.3 Å². The summed E-state index contributed by atoms with van der Waals surface area (Å²) >= 11 is 1.77. The van der Waals surface area contributed by atoms with Crippen molar-refractivity contribution in [2.24, 2.45) is 0 Å². The number of rotatable bonds is 4. The van der Waals surface area contributed by atoms with Gasteiger partial charge < -0.3 is 10.0 Å². The first-order valence-corrected chi connectivity index (χ1v) is 8.16. The molecule has 1 aliphatic rings. The standard InChI is InChI=1S/C17H21NOS/c1-18-10-2-4-13-12-14(6-8-16(13)18)17(19)9-7-15-5-3-11-20-15/h3,5-6,8,11-12,17,19H,2,4,7,9-10H2,1H3. The normalized spacial score (nSPS) is 16.0. The summed E-state index contributed by atoms with van der Waals surface area (Å²) in [6, 6.07) is 10.7. The number of anilines is 1. The highest BCUT2D eigenvalue weighted by Crippen LogP contribution is 2.30. The fraction of sp³-hybridized carbons (Fsp3) is 0.412. The van der Waals surface area contributed by atoms with Crippen molar-refractivity contribution in [3.8, 4) is 0 Å². The second-order valence-corrected chi connectivity index (χ2v) is 6.58. The molecule has 0 bridgehead atoms. The molecule has 0 amide bonds. The Kier molecular flexibility index (Phi) is 4.08. The second kappa shape index (κ2) is 5.98. The van der Waals surface area contributed by atoms with Gasteiger partial charge in [-0.05, 0) is 54.3 Å². The molecule has 3 rings (SSSR count). The van der Waals surface area contributed by atoms with Crippen LogP contribution >= 0.6 is 11.3 Å². The molecule has 0 saturated carbocycles. The van der Waals surface area contributed by atoms with Gasteiger partial charge in [0, 0.05) is 24.2 Å². The van der Waals surface area contributed by atoms with E-state index < -0.39 is 0 Å². The maximum absolute atomic E-state index is 10.4. The van der Waals surface area contributed by atoms with E-state index in [0.717, 1.165) is 31.4 Å². The molecule has 1 N–H and O–H groups in total. The number of thiophene rings is 1. The molecule has 0 spiro atoms. The van der Waals surface area contributed by atoms with Crippen molar-refractivity contribution in [3.05, 3.63) is 51.7 Å². The van der Waals surface area contributed by atoms with Gasteiger partial charge in [-0.25, -0.2) is 0 Å². The number of aryl methyl sites for hydroxylation is 2. The highest BCUT2D eigenvalue weighted by molar-refractivity contribution is 7.09. The van der Waals surface area contributed by atoms with Gasteiger partial charge in [0.05, 0.1) is 6.10 Å². The van der Waals surface area contributed by atoms with E-state index in [9.17, 15) is 5.11 Å². The Balaban J connectivity index is 1.70. The second-order valence-electron chi connectivity index (χ2n) is 5.55. The van der Waals surface area contributed by atoms with Crippen LogP contribution < -0.4 is 4.90 Å². The largest absolute Gasteiger partial charge is 0.388 e. The third kappa shape index (κ3) is 2.89. The van der Waals surface area contributed by atoms with E-state index in [2.05, 4.69) is 47.7 Å². The smallest absolute Gasteiger partial charge is 0.0793 e. The Morgan fingerprint density at radius 3 is 3.05 bits per heavy atom. The van der Waals surface area contributed by atoms with E-state index >= 15 is 0 Å². The minimum absolute atomic E-state index is 0.352. The van der Waals surface area contributed by atoms with Gasteiger partial charge in [-0.1, -0.05) is 18.2 Å². The molecule has 1 atom stereocenters. The first kappa shape index (κ1) is 13.7. The van der Waals surface area contributed by atoms with Crippen LogP contribution in [0.2, 0.25) is 0 Å². The molecular weight excluding hydrogens is 266 g/mol. The van der Waals surface area contributed by atoms with E-state index in [-0.39, 0.29) is 6.10 Å². The lowest BCUT2D eigenvalue weighted by Gasteiger charge is -2.28. The highest BCUT2D eigenvalue weighted by atomic mass is 32.1. The van der Waals surface area contributed by atoms with Crippen LogP contribution in [0.5, 0.6) is 0 Å². The molecule has 3 heteroatoms. The van der Waals surface area contributed by atoms with Crippen LogP contribution in [0, 0.1) is 0 Å². The van der Waals surface area contributed by atoms with Crippen LogP contribution in [-0.2, 0) is 12.8 Å². The van der Waals surface area contributed by atoms with Gasteiger partial charge >= 0.3 is 0 Å². The Labute approximate surface area is 124 Å². The third-order valence-corrected chi connectivity index (χ3v) is 5.02. The van der Waals surface area contributed by atoms with Crippen LogP contribution in [0.1, 0.15) is 34.9 Å². The monoisotopic (exact) mass is 287 g/mol. The molecule has 2 heterocycles. The zero-order valence-electron chi connectivity index (χ0n) is 11.9. The van der Waals surface area contributed by atoms with Crippen LogP contribution in [0.25, 0.3) is 0 Å². The van der Waals surface area contributed by atoms with Crippen LogP contribution in [0.15, 0.2) is 35.7 Å². The number of aliphatic hydroxyl groups excluding tert-OH is 1. The first-order chi connectivity index (χ1) is 9.74. The Hall–Kier alpha value is -1.32. The van der Waals surface area contributed by atoms with Gasteiger partial charge in [0.1, 0.15) is 0 Å². The number of nitrogens with zero attached hydrogens (tertiary/aromatic N) is 1. The molecule has 1 aliphatic heterocycles. The maximum Gasteiger partial charge on any atom is 0.0793 e. The van der Waals surface area contributed by atoms with Crippen molar-refractivity contribution in [2.75, 3.05) is 18.5 Å². The zero-order chi connectivity index (χ0) is 13.9. The molecule has 0 radical (unpaired) electrons. The molecule has 1 unspecified atom stereocenters. The SMILES string of the molecule is CN1CCCc2cc(C(O)CCc3cccs3)ccc21. The molecule has 2 aromatic rings. The third-order valence-electron chi connectivity index (χ3n) is 4.08. The van der Waals surface area contributed by atoms with E-state index in [0.29, 0.717) is 0 Å². The van der Waals surface area contributed by atoms with Crippen LogP contribution in [-0.4, -0.2) is 18.7 Å². The van der Waals surface area contributed by atoms with Gasteiger partial charge in [0.15, 0.2) is 0 Å². The zero-order valence-corrected chi connectivity index (χ0v) is 12.7. The van der Waals surface area contributed by atoms with Crippen molar-refractivity contribution < 1.29 is 5.11 Å². The predicted molar refractivity (Wildman–Crippen MR) is 85.6 cm³/mol. The topological polar surface area (TPSA) is 23.5 Å². The number of hydrogen-bond acceptors (Lipinski definition) is 3. The highest BCUT2D eigenvalue weighted by Gasteiger charge is 2.16. The molecule has 20 heavy (non-hydrogen) atoms. The van der Waals surface area contributed by atoms with E-state index in [1.165, 1.54) is 22.5 Å². The number of fused-ring (bicyclic) bond motifs is 1. The quantitative estimate of drug-likeness (QED) is 0.924. The summed E-state index contributed by atoms with van der Waals surface area (Å²) in [5, 5.41) is 12.5. The van der Waals surface area contributed by atoms with E-state index in [1.54, 1.807) is 11.3 Å². The minimum atomic E-state index is -0.352. The number of hydrogen-bond donors (Lipinski definition) is 1. The Morgan fingerprint density at radius 1 is 1.35 bits per heavy atom. The average molecular weight is 287 g/mol. The van der Waals surface area contributed by atoms with Gasteiger partial charge in [-0.3, -0.25) is 0 Å². The van der Waals surface area contributed by atoms with Crippen molar-refractivity contribution in [1.82, 2.24) is 0 Å². The van der Waals surface area contributed by atoms with E-state index in [1.807, 2.05) is 0 Å². The number of aliphatic hydroxyl groups is 1. The lowest BCUT2D eigenvalue weighted by molar-refractivity contribution is 0.168. The molecule has 0 fully saturated rings. The minimum Gasteiger partial charge on any atom is -0.388 e. The molecule has 0 saturated heterocycles. The summed E-state index contributed by atoms with van der Waals surface area (Å²) in [5.41, 5.74) is 3.77. The molecule has 1 aromatic heterocycles. The first-order valence-electron chi connectivity index (χ1n) is 7.28. The molecule has 0 aliphatic carbocycles. The van der Waals surface area contributed by atoms with Crippen LogP contribution in [0.4, 0.5) is 5.69 Å². The fourth-order valence-electron chi connectivity index (χ4n) is 2.91. The molecular formula is C17H21NOS. The predicted octanol–water partition coefficient (Wildman–Crippen LogP) is 3.80. The summed E-state index contributed by atoms with van der Waals surface area (Å²) in [6.07, 6.45) is 3.74. The lowest BCUT2D eigenvalue weighted by Crippen LogP contribution is -2.24. The van der Waals surface area contributed by atoms with Crippen molar-refractivity contribution in [2.45, 2.75) is 31.8 Å². The molecule has 2 nitrogen and oxygen atoms in total. The van der Waals surface area contributed by atoms with Gasteiger partial charge in [0.2, 0.25) is 0 Å². The van der Waals surface area contributed by atoms with Gasteiger partial charge in [-0.2, -0.15) is 0 Å². The van der Waals surface area contributed by atoms with E-state index in [4.69, 9.17) is 0 Å². The van der Waals surface area contributed by atoms with Crippen molar-refractivity contribution >= 4 is 17.0 Å². The summed E-state index contributed by atoms with van der Waals surface area (Å²) in [7, 11) is 2.14. The molecule has 1 aromatic carbocycles. The summed E-state index contributed by atoms with van der Waals surface area (Å²) in [5.74, 6) is 0. The van der Waals surface area contributed by atoms with Gasteiger partial charge in [0.25, 0.3) is 0 Å². The average Bonchev–Trinajstić information content (AvgIpc) is 2.98. The fourth-order valence-corrected chi connectivity index (χ4v) is 3.64. The maximum atomic E-state index is 10.4. The lowest BCUT2D eigenvalue weighted by atomic mass is 9.96. The molecule has 106 valence electrons.